The molecule has 0 amide bonds. The van der Waals surface area contributed by atoms with Crippen molar-refractivity contribution in [2.24, 2.45) is 5.41 Å². The van der Waals surface area contributed by atoms with Crippen LogP contribution in [0.1, 0.15) is 37.4 Å². The van der Waals surface area contributed by atoms with Crippen LogP contribution in [-0.4, -0.2) is 4.98 Å². The van der Waals surface area contributed by atoms with Crippen LogP contribution in [0, 0.1) is 11.2 Å². The molecule has 0 spiro atoms. The van der Waals surface area contributed by atoms with Gasteiger partial charge in [-0.15, -0.1) is 11.3 Å². The minimum atomic E-state index is -0.198. The van der Waals surface area contributed by atoms with Crippen LogP contribution in [0.5, 0.6) is 0 Å². The molecule has 19 heavy (non-hydrogen) atoms. The van der Waals surface area contributed by atoms with Gasteiger partial charge >= 0.3 is 0 Å². The fourth-order valence-electron chi connectivity index (χ4n) is 2.11. The number of rotatable bonds is 4. The van der Waals surface area contributed by atoms with Gasteiger partial charge in [-0.1, -0.05) is 32.9 Å². The second-order valence-corrected chi connectivity index (χ2v) is 6.64. The molecule has 2 aromatic rings. The van der Waals surface area contributed by atoms with E-state index in [9.17, 15) is 4.39 Å². The summed E-state index contributed by atoms with van der Waals surface area (Å²) in [4.78, 5) is 4.27. The first-order valence-corrected chi connectivity index (χ1v) is 7.22. The van der Waals surface area contributed by atoms with Crippen LogP contribution < -0.4 is 5.32 Å². The predicted octanol–water partition coefficient (Wildman–Crippen LogP) is 4.16. The number of hydrogen-bond acceptors (Lipinski definition) is 3. The summed E-state index contributed by atoms with van der Waals surface area (Å²) in [7, 11) is 0. The van der Waals surface area contributed by atoms with Gasteiger partial charge in [0.2, 0.25) is 0 Å². The number of halogens is 1. The van der Waals surface area contributed by atoms with Crippen molar-refractivity contribution in [1.29, 1.82) is 0 Å². The summed E-state index contributed by atoms with van der Waals surface area (Å²) in [5.74, 6) is -0.198. The van der Waals surface area contributed by atoms with E-state index in [1.54, 1.807) is 11.3 Å². The fraction of sp³-hybridized carbons (Fsp3) is 0.400. The Balaban J connectivity index is 2.14. The first-order chi connectivity index (χ1) is 8.97. The molecule has 0 fully saturated rings. The Hall–Kier alpha value is -1.26. The smallest absolute Gasteiger partial charge is 0.123 e. The van der Waals surface area contributed by atoms with Gasteiger partial charge in [0.25, 0.3) is 0 Å². The highest BCUT2D eigenvalue weighted by atomic mass is 32.1. The zero-order chi connectivity index (χ0) is 13.9. The van der Waals surface area contributed by atoms with Crippen molar-refractivity contribution in [2.45, 2.75) is 33.4 Å². The molecule has 1 aromatic carbocycles. The predicted molar refractivity (Wildman–Crippen MR) is 77.5 cm³/mol. The molecule has 0 aliphatic rings. The number of nitrogens with zero attached hydrogens (tertiary/aromatic N) is 1. The molecule has 0 saturated heterocycles. The highest BCUT2D eigenvalue weighted by Gasteiger charge is 2.25. The summed E-state index contributed by atoms with van der Waals surface area (Å²) in [6.07, 6.45) is 1.81. The molecule has 2 nitrogen and oxygen atoms in total. The van der Waals surface area contributed by atoms with Gasteiger partial charge in [-0.3, -0.25) is 0 Å². The largest absolute Gasteiger partial charge is 0.303 e. The van der Waals surface area contributed by atoms with Gasteiger partial charge < -0.3 is 5.32 Å². The maximum Gasteiger partial charge on any atom is 0.123 e. The lowest BCUT2D eigenvalue weighted by molar-refractivity contribution is 0.271. The van der Waals surface area contributed by atoms with E-state index < -0.39 is 0 Å². The highest BCUT2D eigenvalue weighted by molar-refractivity contribution is 7.09. The van der Waals surface area contributed by atoms with E-state index in [1.165, 1.54) is 12.1 Å². The molecule has 1 unspecified atom stereocenters. The van der Waals surface area contributed by atoms with Gasteiger partial charge in [-0.2, -0.15) is 0 Å². The average molecular weight is 278 g/mol. The molecule has 0 radical (unpaired) electrons. The Morgan fingerprint density at radius 1 is 1.26 bits per heavy atom. The molecule has 1 N–H and O–H groups in total. The molecule has 102 valence electrons. The number of thiazole rings is 1. The minimum Gasteiger partial charge on any atom is -0.303 e. The van der Waals surface area contributed by atoms with Crippen molar-refractivity contribution in [1.82, 2.24) is 10.3 Å². The number of aromatic nitrogens is 1. The Morgan fingerprint density at radius 3 is 2.47 bits per heavy atom. The molecule has 1 aromatic heterocycles. The zero-order valence-corrected chi connectivity index (χ0v) is 12.3. The lowest BCUT2D eigenvalue weighted by Gasteiger charge is -2.32. The van der Waals surface area contributed by atoms with Crippen molar-refractivity contribution in [3.05, 3.63) is 52.2 Å². The molecule has 2 rings (SSSR count). The Bertz CT molecular complexity index is 500. The molecule has 1 atom stereocenters. The third-order valence-electron chi connectivity index (χ3n) is 3.01. The second-order valence-electron chi connectivity index (χ2n) is 5.66. The number of benzene rings is 1. The Kier molecular flexibility index (Phi) is 4.32. The molecule has 1 heterocycles. The van der Waals surface area contributed by atoms with E-state index in [2.05, 4.69) is 31.1 Å². The summed E-state index contributed by atoms with van der Waals surface area (Å²) in [6.45, 7) is 7.26. The second kappa shape index (κ2) is 5.80. The maximum absolute atomic E-state index is 13.0. The van der Waals surface area contributed by atoms with Crippen molar-refractivity contribution >= 4 is 11.3 Å². The van der Waals surface area contributed by atoms with Gasteiger partial charge in [0, 0.05) is 24.2 Å². The van der Waals surface area contributed by atoms with Crippen LogP contribution in [0.2, 0.25) is 0 Å². The highest BCUT2D eigenvalue weighted by Crippen LogP contribution is 2.33. The van der Waals surface area contributed by atoms with Crippen LogP contribution in [0.3, 0.4) is 0 Å². The van der Waals surface area contributed by atoms with E-state index in [4.69, 9.17) is 0 Å². The summed E-state index contributed by atoms with van der Waals surface area (Å²) in [6, 6.07) is 6.88. The minimum absolute atomic E-state index is 0.0507. The zero-order valence-electron chi connectivity index (χ0n) is 11.5. The first kappa shape index (κ1) is 14.2. The van der Waals surface area contributed by atoms with E-state index in [0.29, 0.717) is 0 Å². The molecule has 0 saturated carbocycles. The van der Waals surface area contributed by atoms with Gasteiger partial charge in [-0.25, -0.2) is 9.37 Å². The van der Waals surface area contributed by atoms with E-state index in [-0.39, 0.29) is 17.3 Å². The Labute approximate surface area is 117 Å². The van der Waals surface area contributed by atoms with Gasteiger partial charge in [0.15, 0.2) is 0 Å². The Morgan fingerprint density at radius 2 is 1.95 bits per heavy atom. The lowest BCUT2D eigenvalue weighted by atomic mass is 9.82. The standard InChI is InChI=1S/C15H19FN2S/c1-15(2,3)14(11-4-6-12(16)7-5-11)18-10-13-17-8-9-19-13/h4-9,14,18H,10H2,1-3H3. The SMILES string of the molecule is CC(C)(C)C(NCc1nccs1)c1ccc(F)cc1. The van der Waals surface area contributed by atoms with E-state index >= 15 is 0 Å². The summed E-state index contributed by atoms with van der Waals surface area (Å²) in [5.41, 5.74) is 1.15. The summed E-state index contributed by atoms with van der Waals surface area (Å²) < 4.78 is 13.0. The summed E-state index contributed by atoms with van der Waals surface area (Å²) in [5, 5.41) is 6.56. The van der Waals surface area contributed by atoms with Crippen molar-refractivity contribution in [3.63, 3.8) is 0 Å². The quantitative estimate of drug-likeness (QED) is 0.908. The molecule has 0 aliphatic heterocycles. The fourth-order valence-corrected chi connectivity index (χ4v) is 2.68. The van der Waals surface area contributed by atoms with Gasteiger partial charge in [0.1, 0.15) is 10.8 Å². The lowest BCUT2D eigenvalue weighted by Crippen LogP contribution is -2.32. The van der Waals surface area contributed by atoms with Gasteiger partial charge in [0.05, 0.1) is 0 Å². The monoisotopic (exact) mass is 278 g/mol. The molecule has 0 bridgehead atoms. The third kappa shape index (κ3) is 3.85. The van der Waals surface area contributed by atoms with Crippen LogP contribution in [0.25, 0.3) is 0 Å². The van der Waals surface area contributed by atoms with Crippen molar-refractivity contribution < 1.29 is 4.39 Å². The summed E-state index contributed by atoms with van der Waals surface area (Å²) >= 11 is 1.64. The van der Waals surface area contributed by atoms with Crippen molar-refractivity contribution in [2.75, 3.05) is 0 Å². The van der Waals surface area contributed by atoms with Gasteiger partial charge in [-0.05, 0) is 23.1 Å². The van der Waals surface area contributed by atoms with Crippen molar-refractivity contribution in [3.8, 4) is 0 Å². The number of nitrogens with one attached hydrogen (secondary N) is 1. The molecular formula is C15H19FN2S. The van der Waals surface area contributed by atoms with E-state index in [0.717, 1.165) is 17.1 Å². The van der Waals surface area contributed by atoms with Crippen LogP contribution in [0.15, 0.2) is 35.8 Å². The maximum atomic E-state index is 13.0. The average Bonchev–Trinajstić information content (AvgIpc) is 2.83. The molecular weight excluding hydrogens is 259 g/mol. The topological polar surface area (TPSA) is 24.9 Å². The molecule has 4 heteroatoms. The van der Waals surface area contributed by atoms with Crippen LogP contribution in [0.4, 0.5) is 4.39 Å². The number of hydrogen-bond donors (Lipinski definition) is 1. The normalized spacial score (nSPS) is 13.5. The van der Waals surface area contributed by atoms with Crippen LogP contribution in [-0.2, 0) is 6.54 Å². The van der Waals surface area contributed by atoms with E-state index in [1.807, 2.05) is 23.7 Å². The molecule has 0 aliphatic carbocycles. The van der Waals surface area contributed by atoms with Crippen LogP contribution >= 0.6 is 11.3 Å². The first-order valence-electron chi connectivity index (χ1n) is 6.34. The third-order valence-corrected chi connectivity index (χ3v) is 3.79.